The highest BCUT2D eigenvalue weighted by molar-refractivity contribution is 6.00. The first-order valence-electron chi connectivity index (χ1n) is 8.98. The lowest BCUT2D eigenvalue weighted by Gasteiger charge is -2.11. The standard InChI is InChI=1S/C20H20FN3O3/c21-17-8-13(12-1-2-12)3-4-14(17)7-15-16-9-23-24-18(16)10-22-20(15)19(26)11-27-6-5-25/h3-4,8-10,12,25H,1-2,5-7,11H2,(H,23,24). The van der Waals surface area contributed by atoms with E-state index in [1.54, 1.807) is 18.3 Å². The predicted octanol–water partition coefficient (Wildman–Crippen LogP) is 2.76. The van der Waals surface area contributed by atoms with Crippen LogP contribution in [0.3, 0.4) is 0 Å². The smallest absolute Gasteiger partial charge is 0.207 e. The van der Waals surface area contributed by atoms with Crippen molar-refractivity contribution < 1.29 is 19.0 Å². The lowest BCUT2D eigenvalue weighted by molar-refractivity contribution is 0.0659. The van der Waals surface area contributed by atoms with E-state index in [-0.39, 0.29) is 43.5 Å². The number of pyridine rings is 1. The molecule has 0 spiro atoms. The minimum absolute atomic E-state index is 0.0757. The molecular formula is C20H20FN3O3. The molecule has 0 radical (unpaired) electrons. The van der Waals surface area contributed by atoms with Gasteiger partial charge in [0.15, 0.2) is 0 Å². The Labute approximate surface area is 155 Å². The number of hydrogen-bond acceptors (Lipinski definition) is 5. The first-order valence-corrected chi connectivity index (χ1v) is 8.98. The Morgan fingerprint density at radius 2 is 2.19 bits per heavy atom. The number of rotatable bonds is 8. The van der Waals surface area contributed by atoms with Crippen LogP contribution in [0.1, 0.15) is 45.9 Å². The van der Waals surface area contributed by atoms with E-state index in [2.05, 4.69) is 15.2 Å². The molecule has 2 heterocycles. The third-order valence-electron chi connectivity index (χ3n) is 4.83. The number of benzene rings is 1. The molecule has 0 unspecified atom stereocenters. The largest absolute Gasteiger partial charge is 0.394 e. The summed E-state index contributed by atoms with van der Waals surface area (Å²) in [5.41, 5.74) is 3.10. The zero-order valence-corrected chi connectivity index (χ0v) is 14.7. The molecular weight excluding hydrogens is 349 g/mol. The van der Waals surface area contributed by atoms with Crippen LogP contribution in [-0.2, 0) is 11.2 Å². The third-order valence-corrected chi connectivity index (χ3v) is 4.83. The number of ketones is 1. The SMILES string of the molecule is O=C(COCCO)c1ncc2[nH]ncc2c1Cc1ccc(C2CC2)cc1F. The van der Waals surface area contributed by atoms with Gasteiger partial charge in [-0.15, -0.1) is 0 Å². The summed E-state index contributed by atoms with van der Waals surface area (Å²) in [6.07, 6.45) is 5.63. The average Bonchev–Trinajstić information content (AvgIpc) is 3.40. The van der Waals surface area contributed by atoms with Gasteiger partial charge in [-0.1, -0.05) is 12.1 Å². The van der Waals surface area contributed by atoms with Crippen LogP contribution in [0.2, 0.25) is 0 Å². The van der Waals surface area contributed by atoms with Gasteiger partial charge < -0.3 is 9.84 Å². The number of carbonyl (C=O) groups excluding carboxylic acids is 1. The zero-order valence-electron chi connectivity index (χ0n) is 14.7. The van der Waals surface area contributed by atoms with Crippen LogP contribution in [0.25, 0.3) is 10.9 Å². The lowest BCUT2D eigenvalue weighted by Crippen LogP contribution is -2.15. The number of nitrogens with zero attached hydrogens (tertiary/aromatic N) is 2. The van der Waals surface area contributed by atoms with Gasteiger partial charge in [0.05, 0.1) is 31.1 Å². The summed E-state index contributed by atoms with van der Waals surface area (Å²) >= 11 is 0. The summed E-state index contributed by atoms with van der Waals surface area (Å²) in [4.78, 5) is 16.8. The molecule has 1 aliphatic rings. The number of aromatic amines is 1. The van der Waals surface area contributed by atoms with Gasteiger partial charge in [-0.2, -0.15) is 5.10 Å². The molecule has 0 saturated heterocycles. The highest BCUT2D eigenvalue weighted by Crippen LogP contribution is 2.40. The molecule has 1 fully saturated rings. The van der Waals surface area contributed by atoms with Crippen molar-refractivity contribution in [2.24, 2.45) is 0 Å². The number of aromatic nitrogens is 3. The fourth-order valence-electron chi connectivity index (χ4n) is 3.25. The number of ether oxygens (including phenoxy) is 1. The van der Waals surface area contributed by atoms with E-state index in [4.69, 9.17) is 9.84 Å². The number of nitrogens with one attached hydrogen (secondary N) is 1. The maximum absolute atomic E-state index is 14.6. The Hall–Kier alpha value is -2.64. The average molecular weight is 369 g/mol. The monoisotopic (exact) mass is 369 g/mol. The van der Waals surface area contributed by atoms with Crippen molar-refractivity contribution in [1.82, 2.24) is 15.2 Å². The molecule has 1 aliphatic carbocycles. The van der Waals surface area contributed by atoms with E-state index in [9.17, 15) is 9.18 Å². The van der Waals surface area contributed by atoms with Gasteiger partial charge in [-0.25, -0.2) is 4.39 Å². The topological polar surface area (TPSA) is 88.1 Å². The van der Waals surface area contributed by atoms with Gasteiger partial charge in [0, 0.05) is 11.8 Å². The van der Waals surface area contributed by atoms with Crippen LogP contribution >= 0.6 is 0 Å². The number of hydrogen-bond donors (Lipinski definition) is 2. The van der Waals surface area contributed by atoms with Crippen LogP contribution in [0.5, 0.6) is 0 Å². The second kappa shape index (κ2) is 7.54. The quantitative estimate of drug-likeness (QED) is 0.471. The molecule has 0 aliphatic heterocycles. The minimum atomic E-state index is -0.309. The molecule has 2 N–H and O–H groups in total. The molecule has 0 amide bonds. The number of aliphatic hydroxyl groups excluding tert-OH is 1. The molecule has 2 aromatic heterocycles. The number of halogens is 1. The fraction of sp³-hybridized carbons (Fsp3) is 0.350. The minimum Gasteiger partial charge on any atom is -0.394 e. The molecule has 0 bridgehead atoms. The number of aliphatic hydroxyl groups is 1. The Kier molecular flexibility index (Phi) is 4.96. The Balaban J connectivity index is 1.67. The fourth-order valence-corrected chi connectivity index (χ4v) is 3.25. The van der Waals surface area contributed by atoms with Crippen LogP contribution < -0.4 is 0 Å². The molecule has 1 saturated carbocycles. The van der Waals surface area contributed by atoms with E-state index in [1.165, 1.54) is 6.20 Å². The first kappa shape index (κ1) is 17.8. The van der Waals surface area contributed by atoms with E-state index >= 15 is 0 Å². The Morgan fingerprint density at radius 3 is 2.93 bits per heavy atom. The number of fused-ring (bicyclic) bond motifs is 1. The van der Waals surface area contributed by atoms with E-state index in [0.717, 1.165) is 23.8 Å². The Bertz CT molecular complexity index is 982. The van der Waals surface area contributed by atoms with Crippen molar-refractivity contribution >= 4 is 16.7 Å². The number of carbonyl (C=O) groups is 1. The van der Waals surface area contributed by atoms with Crippen molar-refractivity contribution in [2.45, 2.75) is 25.2 Å². The second-order valence-electron chi connectivity index (χ2n) is 6.78. The van der Waals surface area contributed by atoms with Gasteiger partial charge in [0.25, 0.3) is 0 Å². The molecule has 1 aromatic carbocycles. The van der Waals surface area contributed by atoms with Gasteiger partial charge in [-0.05, 0) is 41.5 Å². The van der Waals surface area contributed by atoms with E-state index < -0.39 is 0 Å². The van der Waals surface area contributed by atoms with Crippen LogP contribution in [0.4, 0.5) is 4.39 Å². The number of H-pyrrole nitrogens is 1. The van der Waals surface area contributed by atoms with Crippen molar-refractivity contribution in [3.63, 3.8) is 0 Å². The Morgan fingerprint density at radius 1 is 1.33 bits per heavy atom. The summed E-state index contributed by atoms with van der Waals surface area (Å²) < 4.78 is 19.8. The number of Topliss-reactive ketones (excluding diaryl/α,β-unsaturated/α-hetero) is 1. The second-order valence-corrected chi connectivity index (χ2v) is 6.78. The molecule has 7 heteroatoms. The molecule has 4 rings (SSSR count). The van der Waals surface area contributed by atoms with E-state index in [0.29, 0.717) is 22.6 Å². The van der Waals surface area contributed by atoms with Crippen molar-refractivity contribution in [3.8, 4) is 0 Å². The summed E-state index contributed by atoms with van der Waals surface area (Å²) in [6, 6.07) is 5.35. The molecule has 27 heavy (non-hydrogen) atoms. The molecule has 3 aromatic rings. The maximum Gasteiger partial charge on any atom is 0.207 e. The highest BCUT2D eigenvalue weighted by atomic mass is 19.1. The summed E-state index contributed by atoms with van der Waals surface area (Å²) in [5, 5.41) is 16.4. The normalized spacial score (nSPS) is 14.0. The maximum atomic E-state index is 14.6. The first-order chi connectivity index (χ1) is 13.2. The predicted molar refractivity (Wildman–Crippen MR) is 97.3 cm³/mol. The van der Waals surface area contributed by atoms with Gasteiger partial charge in [0.2, 0.25) is 5.78 Å². The lowest BCUT2D eigenvalue weighted by atomic mass is 9.97. The third kappa shape index (κ3) is 3.74. The molecule has 0 atom stereocenters. The zero-order chi connectivity index (χ0) is 18.8. The molecule has 6 nitrogen and oxygen atoms in total. The van der Waals surface area contributed by atoms with Gasteiger partial charge in [-0.3, -0.25) is 14.9 Å². The molecule has 140 valence electrons. The van der Waals surface area contributed by atoms with Crippen molar-refractivity contribution in [3.05, 3.63) is 58.8 Å². The summed E-state index contributed by atoms with van der Waals surface area (Å²) in [7, 11) is 0. The van der Waals surface area contributed by atoms with Crippen molar-refractivity contribution in [2.75, 3.05) is 19.8 Å². The van der Waals surface area contributed by atoms with Gasteiger partial charge in [0.1, 0.15) is 18.1 Å². The van der Waals surface area contributed by atoms with E-state index in [1.807, 2.05) is 6.07 Å². The van der Waals surface area contributed by atoms with Crippen LogP contribution in [0.15, 0.2) is 30.6 Å². The highest BCUT2D eigenvalue weighted by Gasteiger charge is 2.25. The van der Waals surface area contributed by atoms with Gasteiger partial charge >= 0.3 is 0 Å². The van der Waals surface area contributed by atoms with Crippen molar-refractivity contribution in [1.29, 1.82) is 0 Å². The van der Waals surface area contributed by atoms with Crippen LogP contribution in [-0.4, -0.2) is 45.9 Å². The summed E-state index contributed by atoms with van der Waals surface area (Å²) in [6.45, 7) is -0.272. The van der Waals surface area contributed by atoms with Crippen LogP contribution in [0, 0.1) is 5.82 Å². The summed E-state index contributed by atoms with van der Waals surface area (Å²) in [5.74, 6) is -0.0975.